The number of nitrogens with zero attached hydrogens (tertiary/aromatic N) is 3. The molecule has 0 fully saturated rings. The molecular formula is C19H20F3N5O6S. The van der Waals surface area contributed by atoms with Crippen LogP contribution in [0.3, 0.4) is 0 Å². The topological polar surface area (TPSA) is 180 Å². The number of carboxylic acids is 2. The summed E-state index contributed by atoms with van der Waals surface area (Å²) in [6.07, 6.45) is -5.08. The molecule has 11 nitrogen and oxygen atoms in total. The molecule has 34 heavy (non-hydrogen) atoms. The third kappa shape index (κ3) is 8.16. The van der Waals surface area contributed by atoms with Gasteiger partial charge in [0.15, 0.2) is 4.80 Å². The minimum absolute atomic E-state index is 0.0734. The SMILES string of the molecule is C/C(=N\OCC(=O)O)c1sc(=NC(=O)c2ccc(C(=N)N)cc2)n(C)c1C.O=C(O)C(F)(F)F. The number of nitrogen functional groups attached to an aromatic ring is 1. The highest BCUT2D eigenvalue weighted by molar-refractivity contribution is 7.11. The van der Waals surface area contributed by atoms with Crippen LogP contribution in [0.15, 0.2) is 34.4 Å². The number of nitrogens with two attached hydrogens (primary N) is 1. The minimum atomic E-state index is -5.08. The summed E-state index contributed by atoms with van der Waals surface area (Å²) in [6.45, 7) is 3.00. The highest BCUT2D eigenvalue weighted by Gasteiger charge is 2.38. The number of benzene rings is 1. The van der Waals surface area contributed by atoms with E-state index >= 15 is 0 Å². The zero-order valence-electron chi connectivity index (χ0n) is 18.0. The van der Waals surface area contributed by atoms with Gasteiger partial charge in [0, 0.05) is 23.9 Å². The van der Waals surface area contributed by atoms with Crippen molar-refractivity contribution in [3.63, 3.8) is 0 Å². The Balaban J connectivity index is 0.000000718. The van der Waals surface area contributed by atoms with Crippen LogP contribution < -0.4 is 10.5 Å². The van der Waals surface area contributed by atoms with Crippen LogP contribution in [-0.2, 0) is 21.5 Å². The molecule has 0 radical (unpaired) electrons. The van der Waals surface area contributed by atoms with Crippen LogP contribution in [-0.4, -0.2) is 57.0 Å². The smallest absolute Gasteiger partial charge is 0.479 e. The van der Waals surface area contributed by atoms with Crippen LogP contribution in [0.1, 0.15) is 33.4 Å². The van der Waals surface area contributed by atoms with Gasteiger partial charge in [0.25, 0.3) is 5.91 Å². The Bertz CT molecular complexity index is 1180. The Kier molecular flexibility index (Phi) is 9.67. The second kappa shape index (κ2) is 11.7. The minimum Gasteiger partial charge on any atom is -0.479 e. The molecule has 0 bridgehead atoms. The van der Waals surface area contributed by atoms with E-state index in [1.165, 1.54) is 11.3 Å². The lowest BCUT2D eigenvalue weighted by molar-refractivity contribution is -0.192. The highest BCUT2D eigenvalue weighted by Crippen LogP contribution is 2.14. The fraction of sp³-hybridized carbons (Fsp3) is 0.263. The van der Waals surface area contributed by atoms with Crippen molar-refractivity contribution in [2.24, 2.45) is 22.9 Å². The number of nitrogens with one attached hydrogen (secondary N) is 1. The molecule has 184 valence electrons. The van der Waals surface area contributed by atoms with E-state index in [1.54, 1.807) is 42.8 Å². The van der Waals surface area contributed by atoms with E-state index in [0.29, 0.717) is 21.6 Å². The largest absolute Gasteiger partial charge is 0.490 e. The number of aromatic nitrogens is 1. The van der Waals surface area contributed by atoms with Gasteiger partial charge in [0.2, 0.25) is 6.61 Å². The Morgan fingerprint density at radius 1 is 1.18 bits per heavy atom. The molecule has 2 rings (SSSR count). The van der Waals surface area contributed by atoms with Gasteiger partial charge in [-0.25, -0.2) is 9.59 Å². The molecule has 0 atom stereocenters. The Morgan fingerprint density at radius 2 is 1.68 bits per heavy atom. The second-order valence-electron chi connectivity index (χ2n) is 6.41. The number of oxime groups is 1. The Hall–Kier alpha value is -4.01. The predicted octanol–water partition coefficient (Wildman–Crippen LogP) is 1.88. The quantitative estimate of drug-likeness (QED) is 0.264. The molecule has 1 aromatic heterocycles. The van der Waals surface area contributed by atoms with Gasteiger partial charge in [0.1, 0.15) is 5.84 Å². The Labute approximate surface area is 194 Å². The van der Waals surface area contributed by atoms with Crippen LogP contribution in [0.2, 0.25) is 0 Å². The van der Waals surface area contributed by atoms with Crippen LogP contribution in [0.5, 0.6) is 0 Å². The third-order valence-electron chi connectivity index (χ3n) is 3.91. The van der Waals surface area contributed by atoms with E-state index in [1.807, 2.05) is 6.92 Å². The van der Waals surface area contributed by atoms with Gasteiger partial charge in [-0.2, -0.15) is 18.2 Å². The fourth-order valence-electron chi connectivity index (χ4n) is 2.13. The molecule has 15 heteroatoms. The number of amidine groups is 1. The van der Waals surface area contributed by atoms with Crippen molar-refractivity contribution in [3.05, 3.63) is 50.8 Å². The molecule has 0 saturated carbocycles. The maximum absolute atomic E-state index is 12.4. The number of carbonyl (C=O) groups excluding carboxylic acids is 1. The average Bonchev–Trinajstić information content (AvgIpc) is 3.01. The molecule has 0 aliphatic carbocycles. The third-order valence-corrected chi connectivity index (χ3v) is 5.26. The molecule has 1 amide bonds. The van der Waals surface area contributed by atoms with Gasteiger partial charge >= 0.3 is 18.1 Å². The maximum Gasteiger partial charge on any atom is 0.490 e. The number of hydrogen-bond acceptors (Lipinski definition) is 7. The summed E-state index contributed by atoms with van der Waals surface area (Å²) in [6, 6.07) is 6.31. The molecule has 0 aliphatic heterocycles. The average molecular weight is 503 g/mol. The number of rotatable bonds is 6. The van der Waals surface area contributed by atoms with Gasteiger partial charge in [-0.05, 0) is 26.0 Å². The van der Waals surface area contributed by atoms with E-state index in [0.717, 1.165) is 10.6 Å². The van der Waals surface area contributed by atoms with E-state index in [-0.39, 0.29) is 5.84 Å². The number of hydrogen-bond donors (Lipinski definition) is 4. The van der Waals surface area contributed by atoms with Gasteiger partial charge in [-0.1, -0.05) is 28.6 Å². The van der Waals surface area contributed by atoms with Crippen LogP contribution in [0.4, 0.5) is 13.2 Å². The summed E-state index contributed by atoms with van der Waals surface area (Å²) in [5.74, 6) is -4.37. The number of thiazole rings is 1. The summed E-state index contributed by atoms with van der Waals surface area (Å²) in [4.78, 5) is 41.9. The van der Waals surface area contributed by atoms with E-state index in [4.69, 9.17) is 31.0 Å². The summed E-state index contributed by atoms with van der Waals surface area (Å²) in [7, 11) is 1.77. The van der Waals surface area contributed by atoms with Crippen molar-refractivity contribution in [2.75, 3.05) is 6.61 Å². The van der Waals surface area contributed by atoms with Crippen LogP contribution in [0, 0.1) is 12.3 Å². The standard InChI is InChI=1S/C17H19N5O4S.C2HF3O2/c1-9(21-26-8-13(23)24)14-10(2)22(3)17(27-14)20-16(25)12-6-4-11(5-7-12)15(18)19;3-2(4,5)1(6)7/h4-7H,8H2,1-3H3,(H3,18,19)(H,23,24);(H,6,7)/b20-17?,21-9+;. The van der Waals surface area contributed by atoms with Crippen LogP contribution in [0.25, 0.3) is 0 Å². The summed E-state index contributed by atoms with van der Waals surface area (Å²) < 4.78 is 33.5. The number of alkyl halides is 3. The first-order valence-electron chi connectivity index (χ1n) is 9.03. The molecule has 2 aromatic rings. The summed E-state index contributed by atoms with van der Waals surface area (Å²) >= 11 is 1.25. The van der Waals surface area contributed by atoms with E-state index < -0.39 is 30.6 Å². The first-order valence-corrected chi connectivity index (χ1v) is 9.85. The molecule has 0 spiro atoms. The van der Waals surface area contributed by atoms with Crippen molar-refractivity contribution < 1.29 is 42.6 Å². The van der Waals surface area contributed by atoms with Crippen LogP contribution >= 0.6 is 11.3 Å². The maximum atomic E-state index is 12.4. The summed E-state index contributed by atoms with van der Waals surface area (Å²) in [5.41, 5.74) is 7.62. The van der Waals surface area contributed by atoms with Gasteiger partial charge in [-0.15, -0.1) is 0 Å². The molecule has 0 saturated heterocycles. The van der Waals surface area contributed by atoms with Crippen molar-refractivity contribution in [2.45, 2.75) is 20.0 Å². The lowest BCUT2D eigenvalue weighted by Gasteiger charge is -2.00. The lowest BCUT2D eigenvalue weighted by Crippen LogP contribution is -2.21. The molecule has 1 aromatic carbocycles. The second-order valence-corrected chi connectivity index (χ2v) is 7.39. The van der Waals surface area contributed by atoms with Gasteiger partial charge in [0.05, 0.1) is 10.6 Å². The van der Waals surface area contributed by atoms with Gasteiger partial charge in [-0.3, -0.25) is 10.2 Å². The number of halogens is 3. The fourth-order valence-corrected chi connectivity index (χ4v) is 3.19. The zero-order valence-corrected chi connectivity index (χ0v) is 18.8. The van der Waals surface area contributed by atoms with E-state index in [9.17, 15) is 22.8 Å². The highest BCUT2D eigenvalue weighted by atomic mass is 32.1. The first-order chi connectivity index (χ1) is 15.6. The molecule has 0 aliphatic rings. The zero-order chi connectivity index (χ0) is 26.2. The number of carbonyl (C=O) groups is 3. The normalized spacial score (nSPS) is 11.9. The molecular weight excluding hydrogens is 483 g/mol. The number of carboxylic acid groups (broad SMARTS) is 2. The number of aliphatic carboxylic acids is 2. The predicted molar refractivity (Wildman–Crippen MR) is 115 cm³/mol. The van der Waals surface area contributed by atoms with Crippen molar-refractivity contribution in [1.29, 1.82) is 5.41 Å². The first kappa shape index (κ1) is 28.0. The molecule has 1 heterocycles. The van der Waals surface area contributed by atoms with Crippen molar-refractivity contribution >= 4 is 40.7 Å². The lowest BCUT2D eigenvalue weighted by atomic mass is 10.1. The van der Waals surface area contributed by atoms with E-state index in [2.05, 4.69) is 10.1 Å². The number of amides is 1. The molecule has 0 unspecified atom stereocenters. The Morgan fingerprint density at radius 3 is 2.12 bits per heavy atom. The van der Waals surface area contributed by atoms with Crippen molar-refractivity contribution in [3.8, 4) is 0 Å². The van der Waals surface area contributed by atoms with Crippen molar-refractivity contribution in [1.82, 2.24) is 4.57 Å². The molecule has 5 N–H and O–H groups in total. The van der Waals surface area contributed by atoms with Gasteiger partial charge < -0.3 is 25.4 Å². The monoisotopic (exact) mass is 503 g/mol. The summed E-state index contributed by atoms with van der Waals surface area (Å²) in [5, 5.41) is 26.9.